The first-order chi connectivity index (χ1) is 10.9. The van der Waals surface area contributed by atoms with Crippen LogP contribution in [-0.2, 0) is 11.3 Å². The average Bonchev–Trinajstić information content (AvgIpc) is 2.94. The van der Waals surface area contributed by atoms with Gasteiger partial charge in [-0.05, 0) is 39.3 Å². The third kappa shape index (κ3) is 5.70. The second-order valence-electron chi connectivity index (χ2n) is 6.52. The van der Waals surface area contributed by atoms with Crippen molar-refractivity contribution < 1.29 is 9.53 Å². The zero-order valence-corrected chi connectivity index (χ0v) is 14.7. The van der Waals surface area contributed by atoms with Crippen LogP contribution in [0.25, 0.3) is 0 Å². The Morgan fingerprint density at radius 1 is 1.43 bits per heavy atom. The Balaban J connectivity index is 1.74. The van der Waals surface area contributed by atoms with E-state index < -0.39 is 5.60 Å². The van der Waals surface area contributed by atoms with Crippen molar-refractivity contribution in [1.82, 2.24) is 10.2 Å². The van der Waals surface area contributed by atoms with E-state index in [9.17, 15) is 4.79 Å². The molecule has 1 amide bonds. The van der Waals surface area contributed by atoms with E-state index in [0.29, 0.717) is 13.1 Å². The van der Waals surface area contributed by atoms with Crippen LogP contribution in [0.2, 0.25) is 0 Å². The topological polar surface area (TPSA) is 65.4 Å². The van der Waals surface area contributed by atoms with E-state index in [2.05, 4.69) is 17.5 Å². The molecule has 0 bridgehead atoms. The Morgan fingerprint density at radius 2 is 2.22 bits per heavy atom. The minimum Gasteiger partial charge on any atom is -0.444 e. The van der Waals surface area contributed by atoms with Crippen molar-refractivity contribution in [1.29, 1.82) is 5.26 Å². The normalized spacial score (nSPS) is 15.0. The van der Waals surface area contributed by atoms with E-state index in [4.69, 9.17) is 10.00 Å². The summed E-state index contributed by atoms with van der Waals surface area (Å²) >= 11 is 1.52. The number of nitrogens with zero attached hydrogens (tertiary/aromatic N) is 2. The van der Waals surface area contributed by atoms with Gasteiger partial charge in [0.05, 0.1) is 0 Å². The van der Waals surface area contributed by atoms with Crippen molar-refractivity contribution in [2.75, 3.05) is 19.6 Å². The van der Waals surface area contributed by atoms with Crippen molar-refractivity contribution in [3.05, 3.63) is 33.5 Å². The largest absolute Gasteiger partial charge is 0.444 e. The van der Waals surface area contributed by atoms with Gasteiger partial charge in [-0.3, -0.25) is 0 Å². The number of ether oxygens (including phenoxy) is 1. The maximum atomic E-state index is 12.0. The zero-order valence-electron chi connectivity index (χ0n) is 13.9. The van der Waals surface area contributed by atoms with Gasteiger partial charge in [-0.2, -0.15) is 5.26 Å². The molecule has 23 heavy (non-hydrogen) atoms. The fourth-order valence-electron chi connectivity index (χ4n) is 2.24. The molecule has 0 radical (unpaired) electrons. The number of amides is 1. The number of nitrogens with one attached hydrogen (secondary N) is 1. The Labute approximate surface area is 141 Å². The molecule has 0 unspecified atom stereocenters. The van der Waals surface area contributed by atoms with Crippen molar-refractivity contribution >= 4 is 17.4 Å². The highest BCUT2D eigenvalue weighted by Gasteiger charge is 2.23. The lowest BCUT2D eigenvalue weighted by Gasteiger charge is -2.29. The van der Waals surface area contributed by atoms with Crippen LogP contribution in [0.1, 0.15) is 36.9 Å². The minimum absolute atomic E-state index is 0.247. The summed E-state index contributed by atoms with van der Waals surface area (Å²) in [4.78, 5) is 15.6. The summed E-state index contributed by atoms with van der Waals surface area (Å²) in [5.41, 5.74) is 0.855. The van der Waals surface area contributed by atoms with Gasteiger partial charge in [0.1, 0.15) is 16.5 Å². The average molecular weight is 333 g/mol. The summed E-state index contributed by atoms with van der Waals surface area (Å²) < 4.78 is 5.38. The van der Waals surface area contributed by atoms with Gasteiger partial charge in [0.15, 0.2) is 0 Å². The molecule has 2 rings (SSSR count). The van der Waals surface area contributed by atoms with E-state index >= 15 is 0 Å². The van der Waals surface area contributed by atoms with Crippen LogP contribution in [0, 0.1) is 11.3 Å². The van der Waals surface area contributed by atoms with Gasteiger partial charge < -0.3 is 15.0 Å². The lowest BCUT2D eigenvalue weighted by atomic mass is 10.1. The van der Waals surface area contributed by atoms with Gasteiger partial charge in [0.2, 0.25) is 0 Å². The summed E-state index contributed by atoms with van der Waals surface area (Å²) in [7, 11) is 0. The molecular formula is C17H23N3O2S. The maximum Gasteiger partial charge on any atom is 0.410 e. The predicted molar refractivity (Wildman–Crippen MR) is 91.2 cm³/mol. The number of carbonyl (C=O) groups excluding carboxylic acids is 1. The van der Waals surface area contributed by atoms with Gasteiger partial charge >= 0.3 is 6.09 Å². The van der Waals surface area contributed by atoms with Crippen molar-refractivity contribution in [2.45, 2.75) is 39.3 Å². The second-order valence-corrected chi connectivity index (χ2v) is 7.69. The number of carbonyl (C=O) groups is 1. The molecule has 0 atom stereocenters. The van der Waals surface area contributed by atoms with Crippen LogP contribution in [0.3, 0.4) is 0 Å². The fraction of sp³-hybridized carbons (Fsp3) is 0.529. The molecule has 1 aromatic rings. The van der Waals surface area contributed by atoms with Crippen molar-refractivity contribution in [3.8, 4) is 6.07 Å². The molecule has 5 nitrogen and oxygen atoms in total. The Morgan fingerprint density at radius 3 is 2.78 bits per heavy atom. The molecule has 1 N–H and O–H groups in total. The first kappa shape index (κ1) is 17.5. The molecule has 2 heterocycles. The molecular weight excluding hydrogens is 310 g/mol. The third-order valence-corrected chi connectivity index (χ3v) is 4.37. The number of hydrogen-bond donors (Lipinski definition) is 1. The quantitative estimate of drug-likeness (QED) is 0.859. The first-order valence-corrected chi connectivity index (χ1v) is 8.54. The molecule has 124 valence electrons. The highest BCUT2D eigenvalue weighted by atomic mass is 32.1. The standard InChI is InChI=1S/C17H23N3O2S/c1-17(2,3)22-16(21)20-8-6-13(7-9-20)11-19-12-15-5-4-14(10-18)23-15/h4-6,19H,7-9,11-12H2,1-3H3. The lowest BCUT2D eigenvalue weighted by Crippen LogP contribution is -2.39. The van der Waals surface area contributed by atoms with E-state index in [1.165, 1.54) is 16.9 Å². The summed E-state index contributed by atoms with van der Waals surface area (Å²) in [5.74, 6) is 0. The SMILES string of the molecule is CC(C)(C)OC(=O)N1CC=C(CNCc2ccc(C#N)s2)CC1. The molecule has 6 heteroatoms. The van der Waals surface area contributed by atoms with Gasteiger partial charge in [0, 0.05) is 31.1 Å². The molecule has 0 saturated carbocycles. The Hall–Kier alpha value is -1.84. The summed E-state index contributed by atoms with van der Waals surface area (Å²) in [5, 5.41) is 12.2. The number of nitriles is 1. The molecule has 0 saturated heterocycles. The maximum absolute atomic E-state index is 12.0. The highest BCUT2D eigenvalue weighted by molar-refractivity contribution is 7.12. The zero-order chi connectivity index (χ0) is 16.9. The van der Waals surface area contributed by atoms with Gasteiger partial charge in [-0.1, -0.05) is 11.6 Å². The van der Waals surface area contributed by atoms with Crippen LogP contribution in [0.4, 0.5) is 4.79 Å². The summed E-state index contributed by atoms with van der Waals surface area (Å²) in [6.07, 6.45) is 2.71. The number of rotatable bonds is 4. The van der Waals surface area contributed by atoms with E-state index in [1.807, 2.05) is 32.9 Å². The van der Waals surface area contributed by atoms with Crippen LogP contribution in [0.5, 0.6) is 0 Å². The highest BCUT2D eigenvalue weighted by Crippen LogP contribution is 2.17. The Kier molecular flexibility index (Phi) is 5.80. The Bertz CT molecular complexity index is 623. The van der Waals surface area contributed by atoms with Crippen LogP contribution in [-0.4, -0.2) is 36.2 Å². The predicted octanol–water partition coefficient (Wildman–Crippen LogP) is 3.28. The second kappa shape index (κ2) is 7.62. The lowest BCUT2D eigenvalue weighted by molar-refractivity contribution is 0.0265. The van der Waals surface area contributed by atoms with Gasteiger partial charge in [0.25, 0.3) is 0 Å². The molecule has 0 aromatic carbocycles. The van der Waals surface area contributed by atoms with E-state index in [-0.39, 0.29) is 6.09 Å². The van der Waals surface area contributed by atoms with Crippen LogP contribution < -0.4 is 5.32 Å². The number of hydrogen-bond acceptors (Lipinski definition) is 5. The molecule has 1 aromatic heterocycles. The molecule has 0 fully saturated rings. The molecule has 0 spiro atoms. The van der Waals surface area contributed by atoms with Crippen molar-refractivity contribution in [3.63, 3.8) is 0 Å². The van der Waals surface area contributed by atoms with Crippen molar-refractivity contribution in [2.24, 2.45) is 0 Å². The van der Waals surface area contributed by atoms with Gasteiger partial charge in [-0.15, -0.1) is 11.3 Å². The number of thiophene rings is 1. The smallest absolute Gasteiger partial charge is 0.410 e. The summed E-state index contributed by atoms with van der Waals surface area (Å²) in [6, 6.07) is 5.98. The van der Waals surface area contributed by atoms with E-state index in [1.54, 1.807) is 4.90 Å². The molecule has 1 aliphatic heterocycles. The summed E-state index contributed by atoms with van der Waals surface area (Å²) in [6.45, 7) is 8.50. The van der Waals surface area contributed by atoms with Crippen LogP contribution >= 0.6 is 11.3 Å². The molecule has 1 aliphatic rings. The monoisotopic (exact) mass is 333 g/mol. The fourth-order valence-corrected chi connectivity index (χ4v) is 3.02. The third-order valence-electron chi connectivity index (χ3n) is 3.38. The molecule has 0 aliphatic carbocycles. The first-order valence-electron chi connectivity index (χ1n) is 7.73. The van der Waals surface area contributed by atoms with Crippen LogP contribution in [0.15, 0.2) is 23.8 Å². The van der Waals surface area contributed by atoms with E-state index in [0.717, 1.165) is 29.3 Å². The van der Waals surface area contributed by atoms with Gasteiger partial charge in [-0.25, -0.2) is 4.79 Å². The minimum atomic E-state index is -0.453.